The summed E-state index contributed by atoms with van der Waals surface area (Å²) in [6.45, 7) is 0. The van der Waals surface area contributed by atoms with E-state index in [4.69, 9.17) is 5.11 Å². The standard InChI is InChI=1S/C15H25NO3S/c1-20-13-8-6-12(7-9-13)16-14(17)10-2-4-11(5-3-10)15(18)19/h10-13H,2-9H2,1H3,(H,16,17)(H,18,19). The molecule has 2 fully saturated rings. The van der Waals surface area contributed by atoms with Crippen LogP contribution in [0.4, 0.5) is 0 Å². The second kappa shape index (κ2) is 7.34. The molecule has 0 spiro atoms. The van der Waals surface area contributed by atoms with Crippen molar-refractivity contribution in [1.82, 2.24) is 5.32 Å². The molecule has 2 rings (SSSR count). The van der Waals surface area contributed by atoms with E-state index in [2.05, 4.69) is 11.6 Å². The normalized spacial score (nSPS) is 34.5. The van der Waals surface area contributed by atoms with Crippen LogP contribution in [-0.4, -0.2) is 34.5 Å². The molecule has 0 aromatic rings. The number of nitrogens with one attached hydrogen (secondary N) is 1. The highest BCUT2D eigenvalue weighted by atomic mass is 32.2. The van der Waals surface area contributed by atoms with Crippen molar-refractivity contribution in [3.05, 3.63) is 0 Å². The zero-order valence-electron chi connectivity index (χ0n) is 12.1. The molecule has 2 aliphatic rings. The molecule has 0 radical (unpaired) electrons. The van der Waals surface area contributed by atoms with E-state index in [1.54, 1.807) is 0 Å². The van der Waals surface area contributed by atoms with Gasteiger partial charge in [-0.1, -0.05) is 0 Å². The fourth-order valence-electron chi connectivity index (χ4n) is 3.36. The smallest absolute Gasteiger partial charge is 0.306 e. The van der Waals surface area contributed by atoms with Crippen molar-refractivity contribution in [1.29, 1.82) is 0 Å². The molecule has 0 atom stereocenters. The molecule has 0 aromatic heterocycles. The van der Waals surface area contributed by atoms with E-state index in [0.29, 0.717) is 18.9 Å². The van der Waals surface area contributed by atoms with E-state index in [9.17, 15) is 9.59 Å². The van der Waals surface area contributed by atoms with Crippen molar-refractivity contribution in [3.63, 3.8) is 0 Å². The second-order valence-corrected chi connectivity index (χ2v) is 7.24. The van der Waals surface area contributed by atoms with Crippen LogP contribution in [0, 0.1) is 11.8 Å². The van der Waals surface area contributed by atoms with Crippen LogP contribution in [0.5, 0.6) is 0 Å². The van der Waals surface area contributed by atoms with Crippen LogP contribution in [-0.2, 0) is 9.59 Å². The predicted molar refractivity (Wildman–Crippen MR) is 80.8 cm³/mol. The van der Waals surface area contributed by atoms with Crippen molar-refractivity contribution in [3.8, 4) is 0 Å². The number of carboxylic acid groups (broad SMARTS) is 1. The molecular formula is C15H25NO3S. The molecule has 20 heavy (non-hydrogen) atoms. The summed E-state index contributed by atoms with van der Waals surface area (Å²) in [5, 5.41) is 12.9. The summed E-state index contributed by atoms with van der Waals surface area (Å²) in [5.74, 6) is -0.763. The summed E-state index contributed by atoms with van der Waals surface area (Å²) < 4.78 is 0. The lowest BCUT2D eigenvalue weighted by Crippen LogP contribution is -2.42. The molecule has 2 saturated carbocycles. The molecule has 0 saturated heterocycles. The summed E-state index contributed by atoms with van der Waals surface area (Å²) in [5.41, 5.74) is 0. The van der Waals surface area contributed by atoms with Crippen LogP contribution in [0.25, 0.3) is 0 Å². The van der Waals surface area contributed by atoms with E-state index in [0.717, 1.165) is 30.9 Å². The van der Waals surface area contributed by atoms with Gasteiger partial charge in [0.2, 0.25) is 5.91 Å². The van der Waals surface area contributed by atoms with Gasteiger partial charge in [-0.3, -0.25) is 9.59 Å². The van der Waals surface area contributed by atoms with Crippen LogP contribution in [0.15, 0.2) is 0 Å². The Balaban J connectivity index is 1.72. The fourth-order valence-corrected chi connectivity index (χ4v) is 4.11. The van der Waals surface area contributed by atoms with E-state index in [-0.39, 0.29) is 17.7 Å². The number of carbonyl (C=O) groups excluding carboxylic acids is 1. The van der Waals surface area contributed by atoms with E-state index >= 15 is 0 Å². The second-order valence-electron chi connectivity index (χ2n) is 6.10. The number of carboxylic acids is 1. The Labute approximate surface area is 125 Å². The zero-order valence-corrected chi connectivity index (χ0v) is 13.0. The van der Waals surface area contributed by atoms with Gasteiger partial charge in [0.25, 0.3) is 0 Å². The summed E-state index contributed by atoms with van der Waals surface area (Å²) in [6, 6.07) is 0.336. The van der Waals surface area contributed by atoms with Gasteiger partial charge in [0, 0.05) is 17.2 Å². The Kier molecular flexibility index (Phi) is 5.75. The quantitative estimate of drug-likeness (QED) is 0.837. The molecule has 4 nitrogen and oxygen atoms in total. The van der Waals surface area contributed by atoms with E-state index < -0.39 is 5.97 Å². The number of rotatable bonds is 4. The first-order valence-corrected chi connectivity index (χ1v) is 8.95. The Morgan fingerprint density at radius 1 is 0.950 bits per heavy atom. The van der Waals surface area contributed by atoms with E-state index in [1.807, 2.05) is 11.8 Å². The number of hydrogen-bond donors (Lipinski definition) is 2. The molecule has 2 aliphatic carbocycles. The van der Waals surface area contributed by atoms with Crippen molar-refractivity contribution < 1.29 is 14.7 Å². The van der Waals surface area contributed by atoms with Crippen molar-refractivity contribution in [2.24, 2.45) is 11.8 Å². The zero-order chi connectivity index (χ0) is 14.5. The Morgan fingerprint density at radius 2 is 1.50 bits per heavy atom. The van der Waals surface area contributed by atoms with Crippen LogP contribution >= 0.6 is 11.8 Å². The lowest BCUT2D eigenvalue weighted by molar-refractivity contribution is -0.144. The minimum absolute atomic E-state index is 0.0314. The number of amides is 1. The SMILES string of the molecule is CSC1CCC(NC(=O)C2CCC(C(=O)O)CC2)CC1. The van der Waals surface area contributed by atoms with Crippen molar-refractivity contribution in [2.75, 3.05) is 6.26 Å². The summed E-state index contributed by atoms with van der Waals surface area (Å²) in [7, 11) is 0. The van der Waals surface area contributed by atoms with Crippen LogP contribution in [0.1, 0.15) is 51.4 Å². The maximum atomic E-state index is 12.2. The fraction of sp³-hybridized carbons (Fsp3) is 0.867. The van der Waals surface area contributed by atoms with Gasteiger partial charge in [0.15, 0.2) is 0 Å². The molecule has 2 N–H and O–H groups in total. The third-order valence-corrected chi connectivity index (χ3v) is 5.94. The number of thioether (sulfide) groups is 1. The molecule has 0 unspecified atom stereocenters. The van der Waals surface area contributed by atoms with Crippen LogP contribution in [0.3, 0.4) is 0 Å². The van der Waals surface area contributed by atoms with Gasteiger partial charge in [-0.15, -0.1) is 0 Å². The summed E-state index contributed by atoms with van der Waals surface area (Å²) >= 11 is 1.93. The lowest BCUT2D eigenvalue weighted by atomic mass is 9.81. The van der Waals surface area contributed by atoms with Gasteiger partial charge in [-0.2, -0.15) is 11.8 Å². The maximum Gasteiger partial charge on any atom is 0.306 e. The van der Waals surface area contributed by atoms with Crippen molar-refractivity contribution >= 4 is 23.6 Å². The number of hydrogen-bond acceptors (Lipinski definition) is 3. The first kappa shape index (κ1) is 15.7. The Bertz CT molecular complexity index is 345. The third kappa shape index (κ3) is 4.14. The molecule has 0 aliphatic heterocycles. The van der Waals surface area contributed by atoms with Crippen molar-refractivity contribution in [2.45, 2.75) is 62.7 Å². The first-order valence-electron chi connectivity index (χ1n) is 7.66. The largest absolute Gasteiger partial charge is 0.481 e. The molecule has 0 aromatic carbocycles. The van der Waals surface area contributed by atoms with E-state index in [1.165, 1.54) is 12.8 Å². The number of carbonyl (C=O) groups is 2. The Morgan fingerprint density at radius 3 is 2.00 bits per heavy atom. The van der Waals surface area contributed by atoms with Gasteiger partial charge in [-0.05, 0) is 57.6 Å². The van der Waals surface area contributed by atoms with Gasteiger partial charge in [0.1, 0.15) is 0 Å². The molecular weight excluding hydrogens is 274 g/mol. The molecule has 1 amide bonds. The maximum absolute atomic E-state index is 12.2. The van der Waals surface area contributed by atoms with Gasteiger partial charge >= 0.3 is 5.97 Å². The van der Waals surface area contributed by atoms with Crippen LogP contribution in [0.2, 0.25) is 0 Å². The minimum Gasteiger partial charge on any atom is -0.481 e. The first-order chi connectivity index (χ1) is 9.60. The summed E-state index contributed by atoms with van der Waals surface area (Å²) in [6.07, 6.45) is 9.45. The highest BCUT2D eigenvalue weighted by Gasteiger charge is 2.31. The highest BCUT2D eigenvalue weighted by molar-refractivity contribution is 7.99. The third-order valence-electron chi connectivity index (χ3n) is 4.80. The monoisotopic (exact) mass is 299 g/mol. The van der Waals surface area contributed by atoms with Gasteiger partial charge in [0.05, 0.1) is 5.92 Å². The number of aliphatic carboxylic acids is 1. The highest BCUT2D eigenvalue weighted by Crippen LogP contribution is 2.30. The lowest BCUT2D eigenvalue weighted by Gasteiger charge is -2.31. The van der Waals surface area contributed by atoms with Crippen LogP contribution < -0.4 is 5.32 Å². The molecule has 5 heteroatoms. The average Bonchev–Trinajstić information content (AvgIpc) is 2.48. The van der Waals surface area contributed by atoms with Gasteiger partial charge in [-0.25, -0.2) is 0 Å². The summed E-state index contributed by atoms with van der Waals surface area (Å²) in [4.78, 5) is 23.1. The Hall–Kier alpha value is -0.710. The molecule has 0 bridgehead atoms. The average molecular weight is 299 g/mol. The molecule has 114 valence electrons. The van der Waals surface area contributed by atoms with Gasteiger partial charge < -0.3 is 10.4 Å². The topological polar surface area (TPSA) is 66.4 Å². The minimum atomic E-state index is -0.709. The predicted octanol–water partition coefficient (Wildman–Crippen LogP) is 2.67. The molecule has 0 heterocycles.